The average molecular weight is 173 g/mol. The lowest BCUT2D eigenvalue weighted by molar-refractivity contribution is 0.0905. The highest BCUT2D eigenvalue weighted by molar-refractivity contribution is 4.84. The van der Waals surface area contributed by atoms with Gasteiger partial charge < -0.3 is 5.73 Å². The molecule has 0 saturated heterocycles. The maximum absolute atomic E-state index is 13.2. The molecule has 2 unspecified atom stereocenters. The van der Waals surface area contributed by atoms with Crippen LogP contribution in [-0.4, -0.2) is 12.7 Å². The second kappa shape index (κ2) is 3.73. The monoisotopic (exact) mass is 173 g/mol. The summed E-state index contributed by atoms with van der Waals surface area (Å²) in [7, 11) is 0. The Morgan fingerprint density at radius 2 is 2.08 bits per heavy atom. The maximum atomic E-state index is 13.2. The Bertz CT molecular complexity index is 145. The van der Waals surface area contributed by atoms with E-state index < -0.39 is 6.17 Å². The molecule has 1 aliphatic rings. The van der Waals surface area contributed by atoms with Crippen molar-refractivity contribution >= 4 is 0 Å². The van der Waals surface area contributed by atoms with Gasteiger partial charge in [0.25, 0.3) is 0 Å². The van der Waals surface area contributed by atoms with Gasteiger partial charge in [-0.1, -0.05) is 13.8 Å². The first-order chi connectivity index (χ1) is 5.53. The second-order valence-corrected chi connectivity index (χ2v) is 4.85. The third-order valence-electron chi connectivity index (χ3n) is 2.78. The molecule has 12 heavy (non-hydrogen) atoms. The summed E-state index contributed by atoms with van der Waals surface area (Å²) in [6, 6.07) is 0. The summed E-state index contributed by atoms with van der Waals surface area (Å²) in [6.45, 7) is 5.01. The molecule has 1 fully saturated rings. The van der Waals surface area contributed by atoms with Gasteiger partial charge in [-0.3, -0.25) is 0 Å². The predicted octanol–water partition coefficient (Wildman–Crippen LogP) is 2.50. The highest BCUT2D eigenvalue weighted by Gasteiger charge is 2.33. The highest BCUT2D eigenvalue weighted by Crippen LogP contribution is 2.40. The van der Waals surface area contributed by atoms with Crippen LogP contribution in [0.1, 0.15) is 39.5 Å². The van der Waals surface area contributed by atoms with Crippen LogP contribution in [0.5, 0.6) is 0 Å². The van der Waals surface area contributed by atoms with Crippen molar-refractivity contribution < 1.29 is 4.39 Å². The first-order valence-electron chi connectivity index (χ1n) is 4.87. The maximum Gasteiger partial charge on any atom is 0.101 e. The Morgan fingerprint density at radius 3 is 2.58 bits per heavy atom. The molecule has 0 aromatic carbocycles. The zero-order valence-electron chi connectivity index (χ0n) is 8.15. The molecular formula is C10H20FN. The number of nitrogens with two attached hydrogens (primary N) is 1. The first kappa shape index (κ1) is 9.97. The van der Waals surface area contributed by atoms with Gasteiger partial charge in [0.05, 0.1) is 0 Å². The summed E-state index contributed by atoms with van der Waals surface area (Å²) in [4.78, 5) is 0. The Kier molecular flexibility index (Phi) is 3.10. The van der Waals surface area contributed by atoms with Crippen LogP contribution in [0.3, 0.4) is 0 Å². The van der Waals surface area contributed by atoms with Crippen molar-refractivity contribution in [2.75, 3.05) is 6.54 Å². The van der Waals surface area contributed by atoms with Crippen LogP contribution in [-0.2, 0) is 0 Å². The van der Waals surface area contributed by atoms with E-state index >= 15 is 0 Å². The van der Waals surface area contributed by atoms with Gasteiger partial charge in [-0.25, -0.2) is 4.39 Å². The van der Waals surface area contributed by atoms with E-state index in [1.165, 1.54) is 0 Å². The quantitative estimate of drug-likeness (QED) is 0.682. The summed E-state index contributed by atoms with van der Waals surface area (Å²) in [5.74, 6) is 0.522. The molecule has 1 rings (SSSR count). The summed E-state index contributed by atoms with van der Waals surface area (Å²) in [5.41, 5.74) is 5.66. The molecule has 0 aromatic rings. The minimum absolute atomic E-state index is 0.192. The normalized spacial score (nSPS) is 35.0. The molecule has 2 atom stereocenters. The van der Waals surface area contributed by atoms with Crippen molar-refractivity contribution in [2.24, 2.45) is 17.1 Å². The largest absolute Gasteiger partial charge is 0.330 e. The van der Waals surface area contributed by atoms with Crippen molar-refractivity contribution in [1.29, 1.82) is 0 Å². The third kappa shape index (κ3) is 2.74. The van der Waals surface area contributed by atoms with Crippen molar-refractivity contribution in [1.82, 2.24) is 0 Å². The molecule has 0 aromatic heterocycles. The Balaban J connectivity index is 2.46. The molecule has 1 saturated carbocycles. The Hall–Kier alpha value is -0.110. The molecule has 72 valence electrons. The molecule has 0 bridgehead atoms. The fourth-order valence-corrected chi connectivity index (χ4v) is 2.45. The van der Waals surface area contributed by atoms with E-state index in [1.54, 1.807) is 0 Å². The molecule has 0 amide bonds. The highest BCUT2D eigenvalue weighted by atomic mass is 19.1. The van der Waals surface area contributed by atoms with Gasteiger partial charge in [-0.15, -0.1) is 0 Å². The van der Waals surface area contributed by atoms with Gasteiger partial charge in [-0.05, 0) is 43.6 Å². The van der Waals surface area contributed by atoms with Crippen LogP contribution in [0.4, 0.5) is 4.39 Å². The average Bonchev–Trinajstić information content (AvgIpc) is 1.82. The smallest absolute Gasteiger partial charge is 0.101 e. The molecule has 0 radical (unpaired) electrons. The van der Waals surface area contributed by atoms with Crippen LogP contribution in [0.15, 0.2) is 0 Å². The first-order valence-corrected chi connectivity index (χ1v) is 4.87. The molecule has 2 N–H and O–H groups in total. The van der Waals surface area contributed by atoms with E-state index in [-0.39, 0.29) is 5.41 Å². The van der Waals surface area contributed by atoms with Crippen LogP contribution < -0.4 is 5.73 Å². The summed E-state index contributed by atoms with van der Waals surface area (Å²) >= 11 is 0. The SMILES string of the molecule is CC1(C)CC(F)CC(CCN)C1. The molecule has 0 spiro atoms. The van der Waals surface area contributed by atoms with E-state index in [2.05, 4.69) is 13.8 Å². The van der Waals surface area contributed by atoms with Crippen molar-refractivity contribution in [3.05, 3.63) is 0 Å². The lowest BCUT2D eigenvalue weighted by atomic mass is 9.70. The molecule has 0 heterocycles. The molecule has 2 heteroatoms. The predicted molar refractivity (Wildman–Crippen MR) is 49.7 cm³/mol. The summed E-state index contributed by atoms with van der Waals surface area (Å²) in [5, 5.41) is 0. The van der Waals surface area contributed by atoms with Crippen LogP contribution >= 0.6 is 0 Å². The molecule has 0 aliphatic heterocycles. The lowest BCUT2D eigenvalue weighted by Gasteiger charge is -2.37. The zero-order valence-corrected chi connectivity index (χ0v) is 8.15. The van der Waals surface area contributed by atoms with Crippen molar-refractivity contribution in [2.45, 2.75) is 45.7 Å². The second-order valence-electron chi connectivity index (χ2n) is 4.85. The third-order valence-corrected chi connectivity index (χ3v) is 2.78. The van der Waals surface area contributed by atoms with E-state index in [4.69, 9.17) is 5.73 Å². The fourth-order valence-electron chi connectivity index (χ4n) is 2.45. The topological polar surface area (TPSA) is 26.0 Å². The van der Waals surface area contributed by atoms with E-state index in [0.717, 1.165) is 25.7 Å². The number of hydrogen-bond donors (Lipinski definition) is 1. The van der Waals surface area contributed by atoms with Crippen molar-refractivity contribution in [3.8, 4) is 0 Å². The van der Waals surface area contributed by atoms with Crippen LogP contribution in [0.2, 0.25) is 0 Å². The van der Waals surface area contributed by atoms with E-state index in [1.807, 2.05) is 0 Å². The Labute approximate surface area is 74.5 Å². The van der Waals surface area contributed by atoms with Gasteiger partial charge in [-0.2, -0.15) is 0 Å². The summed E-state index contributed by atoms with van der Waals surface area (Å²) in [6.07, 6.45) is 3.01. The summed E-state index contributed by atoms with van der Waals surface area (Å²) < 4.78 is 13.2. The van der Waals surface area contributed by atoms with Crippen LogP contribution in [0, 0.1) is 11.3 Å². The van der Waals surface area contributed by atoms with Gasteiger partial charge in [0.15, 0.2) is 0 Å². The van der Waals surface area contributed by atoms with Crippen molar-refractivity contribution in [3.63, 3.8) is 0 Å². The number of alkyl halides is 1. The van der Waals surface area contributed by atoms with Gasteiger partial charge in [0.2, 0.25) is 0 Å². The van der Waals surface area contributed by atoms with Gasteiger partial charge in [0, 0.05) is 0 Å². The van der Waals surface area contributed by atoms with Crippen LogP contribution in [0.25, 0.3) is 0 Å². The Morgan fingerprint density at radius 1 is 1.42 bits per heavy atom. The molecular weight excluding hydrogens is 153 g/mol. The zero-order chi connectivity index (χ0) is 9.19. The minimum atomic E-state index is -0.592. The van der Waals surface area contributed by atoms with Gasteiger partial charge in [0.1, 0.15) is 6.17 Å². The standard InChI is InChI=1S/C10H20FN/c1-10(2)6-8(3-4-12)5-9(11)7-10/h8-9H,3-7,12H2,1-2H3. The fraction of sp³-hybridized carbons (Fsp3) is 1.00. The minimum Gasteiger partial charge on any atom is -0.330 e. The molecule has 1 nitrogen and oxygen atoms in total. The number of rotatable bonds is 2. The van der Waals surface area contributed by atoms with E-state index in [9.17, 15) is 4.39 Å². The number of halogens is 1. The van der Waals surface area contributed by atoms with E-state index in [0.29, 0.717) is 12.5 Å². The van der Waals surface area contributed by atoms with Gasteiger partial charge >= 0.3 is 0 Å². The lowest BCUT2D eigenvalue weighted by Crippen LogP contribution is -2.30. The number of hydrogen-bond acceptors (Lipinski definition) is 1. The molecule has 1 aliphatic carbocycles.